The Hall–Kier alpha value is -4.05. The third-order valence-corrected chi connectivity index (χ3v) is 10.6. The molecule has 15 nitrogen and oxygen atoms in total. The van der Waals surface area contributed by atoms with Crippen LogP contribution in [0.1, 0.15) is 93.9 Å². The summed E-state index contributed by atoms with van der Waals surface area (Å²) < 4.78 is 13.2. The fourth-order valence-corrected chi connectivity index (χ4v) is 7.92. The van der Waals surface area contributed by atoms with Crippen LogP contribution in [-0.2, 0) is 18.9 Å². The summed E-state index contributed by atoms with van der Waals surface area (Å²) in [7, 11) is -0.663. The zero-order valence-corrected chi connectivity index (χ0v) is 28.2. The Bertz CT molecular complexity index is 1450. The van der Waals surface area contributed by atoms with Gasteiger partial charge in [-0.2, -0.15) is 0 Å². The highest BCUT2D eigenvalue weighted by Gasteiger charge is 2.68. The van der Waals surface area contributed by atoms with Gasteiger partial charge in [0.25, 0.3) is 17.8 Å². The molecule has 2 aliphatic heterocycles. The molecule has 48 heavy (non-hydrogen) atoms. The smallest absolute Gasteiger partial charge is 0.404 e. The lowest BCUT2D eigenvalue weighted by Gasteiger charge is -2.64. The van der Waals surface area contributed by atoms with Crippen LogP contribution in [0.15, 0.2) is 29.3 Å². The summed E-state index contributed by atoms with van der Waals surface area (Å²) in [5, 5.41) is 15.6. The van der Waals surface area contributed by atoms with Crippen molar-refractivity contribution in [3.05, 3.63) is 45.5 Å². The zero-order chi connectivity index (χ0) is 35.0. The van der Waals surface area contributed by atoms with Crippen LogP contribution >= 0.6 is 0 Å². The lowest BCUT2D eigenvalue weighted by Crippen LogP contribution is -2.65. The second kappa shape index (κ2) is 13.8. The number of aliphatic imine (C=N–C) groups is 1. The first-order chi connectivity index (χ1) is 22.6. The molecule has 6 rings (SSSR count). The Balaban J connectivity index is 1.25. The molecule has 3 aliphatic carbocycles. The van der Waals surface area contributed by atoms with Crippen molar-refractivity contribution in [2.24, 2.45) is 33.9 Å². The van der Waals surface area contributed by atoms with Gasteiger partial charge in [-0.1, -0.05) is 45.3 Å². The average Bonchev–Trinajstić information content (AvgIpc) is 3.49. The van der Waals surface area contributed by atoms with E-state index in [4.69, 9.17) is 15.0 Å². The summed E-state index contributed by atoms with van der Waals surface area (Å²) in [6.07, 6.45) is 2.69. The lowest BCUT2D eigenvalue weighted by atomic mass is 9.43. The van der Waals surface area contributed by atoms with Gasteiger partial charge in [0.2, 0.25) is 11.8 Å². The van der Waals surface area contributed by atoms with Crippen LogP contribution in [0.4, 0.5) is 0 Å². The summed E-state index contributed by atoms with van der Waals surface area (Å²) in [6, 6.07) is 5.45. The van der Waals surface area contributed by atoms with Crippen LogP contribution < -0.4 is 21.8 Å². The molecule has 0 unspecified atom stereocenters. The van der Waals surface area contributed by atoms with Crippen LogP contribution in [0.5, 0.6) is 0 Å². The molecule has 0 spiro atoms. The molecule has 0 radical (unpaired) electrons. The predicted octanol–water partition coefficient (Wildman–Crippen LogP) is 1.83. The molecule has 1 aromatic rings. The monoisotopic (exact) mass is 667 g/mol. The van der Waals surface area contributed by atoms with Crippen molar-refractivity contribution in [1.82, 2.24) is 21.0 Å². The second-order valence-electron chi connectivity index (χ2n) is 14.5. The maximum absolute atomic E-state index is 13.9. The van der Waals surface area contributed by atoms with Gasteiger partial charge in [0.15, 0.2) is 5.03 Å². The van der Waals surface area contributed by atoms with E-state index in [-0.39, 0.29) is 66.9 Å². The minimum Gasteiger partial charge on any atom is -0.404 e. The molecular formula is C32H46BN7O8. The van der Waals surface area contributed by atoms with Crippen molar-refractivity contribution in [3.8, 4) is 0 Å². The van der Waals surface area contributed by atoms with Gasteiger partial charge in [-0.15, -0.1) is 0 Å². The van der Waals surface area contributed by atoms with Gasteiger partial charge in [-0.05, 0) is 74.3 Å². The van der Waals surface area contributed by atoms with Gasteiger partial charge in [0, 0.05) is 19.5 Å². The SMILES string of the molecule is CC(C)C[C@H](NC(=O)[C@H](CCCN=C(N)N[N+](=O)[O-])NC(=O)CCN1C(=O)c2ccccc2C1=O)B1O[C@@H]2C[C@@H]3C[C@@H](C3(C)C)[C@]2(C)O1. The molecule has 6 atom stereocenters. The maximum Gasteiger partial charge on any atom is 0.481 e. The fraction of sp³-hybridized carbons (Fsp3) is 0.656. The van der Waals surface area contributed by atoms with Crippen molar-refractivity contribution in [2.75, 3.05) is 13.1 Å². The molecule has 4 fully saturated rings. The fourth-order valence-electron chi connectivity index (χ4n) is 7.92. The Morgan fingerprint density at radius 1 is 1.15 bits per heavy atom. The van der Waals surface area contributed by atoms with Gasteiger partial charge in [-0.25, -0.2) is 15.1 Å². The highest BCUT2D eigenvalue weighted by atomic mass is 16.7. The van der Waals surface area contributed by atoms with E-state index in [1.165, 1.54) is 0 Å². The van der Waals surface area contributed by atoms with Crippen molar-refractivity contribution < 1.29 is 33.5 Å². The molecule has 5 N–H and O–H groups in total. The van der Waals surface area contributed by atoms with E-state index in [9.17, 15) is 29.3 Å². The number of benzene rings is 1. The molecule has 2 heterocycles. The third kappa shape index (κ3) is 7.04. The standard InChI is InChI=1S/C32H46BN7O8/c1-18(2)15-25(33-47-24-17-19-16-23(31(19,3)4)32(24,5)48-33)37-27(42)22(11-8-13-35-30(34)38-40(45)46)36-26(41)12-14-39-28(43)20-9-6-7-10-21(20)29(39)44/h6-7,9-10,18-19,22-25H,8,11-17H2,1-5H3,(H,36,41)(H,37,42)(H3,34,35,38)/t19-,22-,23-,24+,25-,32-/m0/s1. The number of amides is 4. The number of carbonyl (C=O) groups excluding carboxylic acids is 4. The van der Waals surface area contributed by atoms with Crippen molar-refractivity contribution in [1.29, 1.82) is 0 Å². The Labute approximate surface area is 280 Å². The first-order valence-electron chi connectivity index (χ1n) is 16.7. The molecule has 16 heteroatoms. The van der Waals surface area contributed by atoms with Crippen molar-refractivity contribution >= 4 is 36.7 Å². The first-order valence-corrected chi connectivity index (χ1v) is 16.7. The van der Waals surface area contributed by atoms with E-state index < -0.39 is 53.4 Å². The first kappa shape index (κ1) is 35.3. The molecule has 260 valence electrons. The molecule has 2 bridgehead atoms. The predicted molar refractivity (Wildman–Crippen MR) is 176 cm³/mol. The van der Waals surface area contributed by atoms with Crippen LogP contribution in [0.25, 0.3) is 0 Å². The molecule has 5 aliphatic rings. The van der Waals surface area contributed by atoms with E-state index in [2.05, 4.69) is 36.4 Å². The van der Waals surface area contributed by atoms with Gasteiger partial charge in [-0.3, -0.25) is 24.1 Å². The maximum atomic E-state index is 13.9. The van der Waals surface area contributed by atoms with Crippen molar-refractivity contribution in [2.45, 2.75) is 96.8 Å². The highest BCUT2D eigenvalue weighted by molar-refractivity contribution is 6.48. The molecular weight excluding hydrogens is 621 g/mol. The zero-order valence-electron chi connectivity index (χ0n) is 28.2. The molecule has 1 aromatic carbocycles. The summed E-state index contributed by atoms with van der Waals surface area (Å²) >= 11 is 0. The summed E-state index contributed by atoms with van der Waals surface area (Å²) in [6.45, 7) is 10.7. The molecule has 0 aromatic heterocycles. The number of carbonyl (C=O) groups is 4. The Morgan fingerprint density at radius 3 is 2.42 bits per heavy atom. The summed E-state index contributed by atoms with van der Waals surface area (Å²) in [5.74, 6) is -1.68. The minimum absolute atomic E-state index is 0.0595. The lowest BCUT2D eigenvalue weighted by molar-refractivity contribution is -0.525. The number of nitro groups is 1. The number of hydrazine groups is 1. The number of hydrogen-bond donors (Lipinski definition) is 4. The minimum atomic E-state index is -1.01. The van der Waals surface area contributed by atoms with E-state index in [1.807, 2.05) is 13.8 Å². The van der Waals surface area contributed by atoms with E-state index in [0.717, 1.165) is 17.7 Å². The van der Waals surface area contributed by atoms with E-state index in [0.29, 0.717) is 18.3 Å². The largest absolute Gasteiger partial charge is 0.481 e. The molecule has 1 saturated heterocycles. The third-order valence-electron chi connectivity index (χ3n) is 10.6. The van der Waals surface area contributed by atoms with Crippen LogP contribution in [0.2, 0.25) is 0 Å². The van der Waals surface area contributed by atoms with Gasteiger partial charge < -0.3 is 25.7 Å². The normalized spacial score (nSPS) is 26.8. The number of imide groups is 1. The Kier molecular flexibility index (Phi) is 10.2. The number of nitrogens with zero attached hydrogens (tertiary/aromatic N) is 3. The van der Waals surface area contributed by atoms with Gasteiger partial charge in [0.05, 0.1) is 28.8 Å². The average molecular weight is 668 g/mol. The molecule has 4 amide bonds. The number of nitrogens with one attached hydrogen (secondary N) is 3. The summed E-state index contributed by atoms with van der Waals surface area (Å²) in [4.78, 5) is 68.2. The number of fused-ring (bicyclic) bond motifs is 1. The van der Waals surface area contributed by atoms with Crippen molar-refractivity contribution in [3.63, 3.8) is 0 Å². The highest BCUT2D eigenvalue weighted by Crippen LogP contribution is 2.65. The van der Waals surface area contributed by atoms with Crippen LogP contribution in [-0.4, -0.2) is 83.4 Å². The summed E-state index contributed by atoms with van der Waals surface area (Å²) in [5.41, 5.74) is 7.55. The Morgan fingerprint density at radius 2 is 1.81 bits per heavy atom. The van der Waals surface area contributed by atoms with E-state index in [1.54, 1.807) is 29.7 Å². The molecule has 3 saturated carbocycles. The quantitative estimate of drug-likeness (QED) is 0.0431. The van der Waals surface area contributed by atoms with Gasteiger partial charge in [0.1, 0.15) is 6.04 Å². The van der Waals surface area contributed by atoms with E-state index >= 15 is 0 Å². The topological polar surface area (TPSA) is 208 Å². The van der Waals surface area contributed by atoms with Gasteiger partial charge >= 0.3 is 7.12 Å². The number of hydrogen-bond acceptors (Lipinski definition) is 9. The van der Waals surface area contributed by atoms with Crippen LogP contribution in [0, 0.1) is 33.3 Å². The second-order valence-corrected chi connectivity index (χ2v) is 14.5. The van der Waals surface area contributed by atoms with Crippen LogP contribution in [0.3, 0.4) is 0 Å². The number of guanidine groups is 1. The number of rotatable bonds is 14. The number of nitrogens with two attached hydrogens (primary N) is 1.